The number of benzene rings is 2. The number of anilines is 2. The Morgan fingerprint density at radius 1 is 0.921 bits per heavy atom. The average molecular weight is 529 g/mol. The molecule has 1 N–H and O–H groups in total. The summed E-state index contributed by atoms with van der Waals surface area (Å²) in [6.45, 7) is 5.20. The number of rotatable bonds is 6. The molecule has 2 saturated heterocycles. The number of aromatic nitrogens is 2. The molecule has 2 aromatic carbocycles. The molecule has 2 aliphatic rings. The summed E-state index contributed by atoms with van der Waals surface area (Å²) in [5.41, 5.74) is 0.713. The first kappa shape index (κ1) is 26.4. The van der Waals surface area contributed by atoms with Crippen molar-refractivity contribution < 1.29 is 22.0 Å². The average Bonchev–Trinajstić information content (AvgIpc) is 2.90. The van der Waals surface area contributed by atoms with E-state index in [1.807, 2.05) is 0 Å². The number of quaternary nitrogens is 1. The van der Waals surface area contributed by atoms with Gasteiger partial charge in [0, 0.05) is 67.5 Å². The molecular formula is C29H34F4N5+. The minimum atomic E-state index is -0.745. The van der Waals surface area contributed by atoms with Gasteiger partial charge in [-0.15, -0.1) is 0 Å². The number of halogens is 4. The van der Waals surface area contributed by atoms with Crippen LogP contribution in [0.25, 0.3) is 11.1 Å². The highest BCUT2D eigenvalue weighted by molar-refractivity contribution is 5.75. The first-order valence-electron chi connectivity index (χ1n) is 13.3. The minimum absolute atomic E-state index is 0.00811. The Balaban J connectivity index is 1.39. The highest BCUT2D eigenvalue weighted by Crippen LogP contribution is 2.34. The normalized spacial score (nSPS) is 22.5. The van der Waals surface area contributed by atoms with Gasteiger partial charge in [-0.3, -0.25) is 0 Å². The molecule has 5 nitrogen and oxygen atoms in total. The second-order valence-corrected chi connectivity index (χ2v) is 10.8. The van der Waals surface area contributed by atoms with Crippen LogP contribution in [0.4, 0.5) is 29.3 Å². The van der Waals surface area contributed by atoms with Gasteiger partial charge in [0.15, 0.2) is 0 Å². The minimum Gasteiger partial charge on any atom is -0.365 e. The summed E-state index contributed by atoms with van der Waals surface area (Å²) in [7, 11) is 2.39. The van der Waals surface area contributed by atoms with Gasteiger partial charge in [-0.25, -0.2) is 22.5 Å². The van der Waals surface area contributed by atoms with Crippen LogP contribution >= 0.6 is 0 Å². The fourth-order valence-electron chi connectivity index (χ4n) is 6.01. The maximum atomic E-state index is 14.7. The number of hydrogen-bond donors (Lipinski definition) is 1. The van der Waals surface area contributed by atoms with E-state index in [1.54, 1.807) is 0 Å². The maximum Gasteiger partial charge on any atom is 0.227 e. The third kappa shape index (κ3) is 5.34. The van der Waals surface area contributed by atoms with E-state index in [4.69, 9.17) is 4.98 Å². The van der Waals surface area contributed by atoms with E-state index in [-0.39, 0.29) is 17.7 Å². The molecule has 0 aliphatic carbocycles. The number of nitrogens with one attached hydrogen (secondary N) is 1. The lowest BCUT2D eigenvalue weighted by Gasteiger charge is -2.51. The van der Waals surface area contributed by atoms with Crippen LogP contribution < -0.4 is 10.2 Å². The van der Waals surface area contributed by atoms with E-state index in [0.717, 1.165) is 42.5 Å². The molecule has 2 unspecified atom stereocenters. The molecule has 1 aromatic heterocycles. The standard InChI is InChI=1S/C29H34F4N5/c1-19-5-3-4-14-38(19,2)23-10-12-37(13-11-23)29-35-18-25(24-9-8-22(31)16-27(24)33)28(36-29)34-17-20-6-7-21(30)15-26(20)32/h6-9,15-16,18-19,23H,3-5,10-14,17H2,1-2H3,(H,34,35,36)/q+1. The van der Waals surface area contributed by atoms with Crippen LogP contribution in [0.2, 0.25) is 0 Å². The van der Waals surface area contributed by atoms with Gasteiger partial charge < -0.3 is 14.7 Å². The Labute approximate surface area is 221 Å². The van der Waals surface area contributed by atoms with Crippen molar-refractivity contribution in [2.75, 3.05) is 36.9 Å². The molecule has 2 aliphatic heterocycles. The second-order valence-electron chi connectivity index (χ2n) is 10.8. The Kier molecular flexibility index (Phi) is 7.56. The summed E-state index contributed by atoms with van der Waals surface area (Å²) in [6, 6.07) is 7.92. The van der Waals surface area contributed by atoms with Crippen LogP contribution in [0.5, 0.6) is 0 Å². The highest BCUT2D eigenvalue weighted by atomic mass is 19.1. The predicted octanol–water partition coefficient (Wildman–Crippen LogP) is 6.30. The summed E-state index contributed by atoms with van der Waals surface area (Å²) in [5.74, 6) is -1.98. The largest absolute Gasteiger partial charge is 0.365 e. The van der Waals surface area contributed by atoms with Gasteiger partial charge in [-0.1, -0.05) is 6.07 Å². The molecule has 9 heteroatoms. The highest BCUT2D eigenvalue weighted by Gasteiger charge is 2.41. The lowest BCUT2D eigenvalue weighted by Crippen LogP contribution is -2.62. The molecule has 2 fully saturated rings. The quantitative estimate of drug-likeness (QED) is 0.301. The molecule has 0 spiro atoms. The van der Waals surface area contributed by atoms with E-state index in [1.165, 1.54) is 56.3 Å². The van der Waals surface area contributed by atoms with Crippen molar-refractivity contribution in [2.24, 2.45) is 0 Å². The molecule has 3 heterocycles. The van der Waals surface area contributed by atoms with Crippen LogP contribution in [-0.2, 0) is 6.54 Å². The second kappa shape index (κ2) is 10.9. The van der Waals surface area contributed by atoms with Gasteiger partial charge in [0.2, 0.25) is 5.95 Å². The smallest absolute Gasteiger partial charge is 0.227 e. The number of nitrogens with zero attached hydrogens (tertiary/aromatic N) is 4. The molecule has 38 heavy (non-hydrogen) atoms. The number of likely N-dealkylation sites (tertiary alicyclic amines) is 1. The molecule has 2 atom stereocenters. The van der Waals surface area contributed by atoms with Crippen molar-refractivity contribution in [3.8, 4) is 11.1 Å². The number of hydrogen-bond acceptors (Lipinski definition) is 4. The van der Waals surface area contributed by atoms with Gasteiger partial charge in [0.1, 0.15) is 29.1 Å². The Hall–Kier alpha value is -3.20. The third-order valence-electron chi connectivity index (χ3n) is 8.56. The summed E-state index contributed by atoms with van der Waals surface area (Å²) < 4.78 is 57.0. The summed E-state index contributed by atoms with van der Waals surface area (Å²) in [5, 5.41) is 3.08. The molecule has 202 valence electrons. The fraction of sp³-hybridized carbons (Fsp3) is 0.448. The molecule has 0 amide bonds. The van der Waals surface area contributed by atoms with E-state index < -0.39 is 23.3 Å². The monoisotopic (exact) mass is 528 g/mol. The zero-order chi connectivity index (χ0) is 26.9. The Bertz CT molecular complexity index is 1290. The van der Waals surface area contributed by atoms with Crippen LogP contribution in [0.15, 0.2) is 42.6 Å². The lowest BCUT2D eigenvalue weighted by molar-refractivity contribution is -0.959. The first-order valence-corrected chi connectivity index (χ1v) is 13.3. The molecule has 0 bridgehead atoms. The summed E-state index contributed by atoms with van der Waals surface area (Å²) in [6.07, 6.45) is 7.43. The van der Waals surface area contributed by atoms with Gasteiger partial charge in [0.05, 0.1) is 25.7 Å². The topological polar surface area (TPSA) is 41.1 Å². The summed E-state index contributed by atoms with van der Waals surface area (Å²) >= 11 is 0. The van der Waals surface area contributed by atoms with Crippen molar-refractivity contribution in [3.05, 3.63) is 71.4 Å². The lowest BCUT2D eigenvalue weighted by atomic mass is 9.92. The maximum absolute atomic E-state index is 14.7. The van der Waals surface area contributed by atoms with Crippen molar-refractivity contribution in [3.63, 3.8) is 0 Å². The molecule has 0 saturated carbocycles. The van der Waals surface area contributed by atoms with Gasteiger partial charge >= 0.3 is 0 Å². The van der Waals surface area contributed by atoms with E-state index in [0.29, 0.717) is 29.4 Å². The SMILES string of the molecule is CC1CCCC[N+]1(C)C1CCN(c2ncc(-c3ccc(F)cc3F)c(NCc3ccc(F)cc3F)n2)CC1. The van der Waals surface area contributed by atoms with E-state index >= 15 is 0 Å². The third-order valence-corrected chi connectivity index (χ3v) is 8.56. The molecule has 5 rings (SSSR count). The van der Waals surface area contributed by atoms with Crippen LogP contribution in [0.1, 0.15) is 44.6 Å². The van der Waals surface area contributed by atoms with Crippen LogP contribution in [-0.4, -0.2) is 53.2 Å². The van der Waals surface area contributed by atoms with Crippen molar-refractivity contribution >= 4 is 11.8 Å². The fourth-order valence-corrected chi connectivity index (χ4v) is 6.01. The zero-order valence-electron chi connectivity index (χ0n) is 21.9. The van der Waals surface area contributed by atoms with Gasteiger partial charge in [-0.05, 0) is 44.4 Å². The Morgan fingerprint density at radius 3 is 2.32 bits per heavy atom. The van der Waals surface area contributed by atoms with Crippen molar-refractivity contribution in [1.82, 2.24) is 9.97 Å². The van der Waals surface area contributed by atoms with Gasteiger partial charge in [-0.2, -0.15) is 4.98 Å². The van der Waals surface area contributed by atoms with Crippen molar-refractivity contribution in [2.45, 2.75) is 57.7 Å². The van der Waals surface area contributed by atoms with E-state index in [9.17, 15) is 17.6 Å². The zero-order valence-corrected chi connectivity index (χ0v) is 21.9. The molecular weight excluding hydrogens is 494 g/mol. The van der Waals surface area contributed by atoms with E-state index in [2.05, 4.69) is 29.2 Å². The first-order chi connectivity index (χ1) is 18.2. The van der Waals surface area contributed by atoms with Crippen molar-refractivity contribution in [1.29, 1.82) is 0 Å². The molecule has 3 aromatic rings. The van der Waals surface area contributed by atoms with Crippen LogP contribution in [0.3, 0.4) is 0 Å². The van der Waals surface area contributed by atoms with Crippen LogP contribution in [0, 0.1) is 23.3 Å². The molecule has 0 radical (unpaired) electrons. The Morgan fingerprint density at radius 2 is 1.63 bits per heavy atom. The number of piperidine rings is 2. The summed E-state index contributed by atoms with van der Waals surface area (Å²) in [4.78, 5) is 11.4. The predicted molar refractivity (Wildman–Crippen MR) is 141 cm³/mol. The van der Waals surface area contributed by atoms with Gasteiger partial charge in [0.25, 0.3) is 0 Å².